The molecule has 0 atom stereocenters. The largest absolute Gasteiger partial charge is 0.299 e. The Morgan fingerprint density at radius 1 is 0.929 bits per heavy atom. The molecule has 3 heterocycles. The average Bonchev–Trinajstić information content (AvgIpc) is 3.12. The minimum absolute atomic E-state index is 0.874. The minimum Gasteiger partial charge on any atom is -0.299 e. The van der Waals surface area contributed by atoms with Crippen molar-refractivity contribution in [2.24, 2.45) is 0 Å². The summed E-state index contributed by atoms with van der Waals surface area (Å²) in [5.41, 5.74) is 6.14. The number of aromatic nitrogens is 3. The standard InChI is InChI=1S/C24H18BrN3/c1-2-16-10-12-28-22(13-16)27-23(21-9-5-6-11-26-21)24(28)19-14-17-7-3-4-8-18(17)15-20(19)25/h3-15H,2H2,1H3. The van der Waals surface area contributed by atoms with Crippen LogP contribution >= 0.6 is 15.9 Å². The first-order valence-corrected chi connectivity index (χ1v) is 10.1. The van der Waals surface area contributed by atoms with Crippen LogP contribution in [0.4, 0.5) is 0 Å². The van der Waals surface area contributed by atoms with Crippen molar-refractivity contribution in [2.45, 2.75) is 13.3 Å². The first-order chi connectivity index (χ1) is 13.7. The van der Waals surface area contributed by atoms with Crippen LogP contribution in [0, 0.1) is 0 Å². The van der Waals surface area contributed by atoms with Gasteiger partial charge in [0, 0.05) is 22.4 Å². The SMILES string of the molecule is CCc1ccn2c(-c3cc4ccccc4cc3Br)c(-c3ccccn3)nc2c1. The van der Waals surface area contributed by atoms with Crippen LogP contribution in [0.2, 0.25) is 0 Å². The lowest BCUT2D eigenvalue weighted by Gasteiger charge is -2.10. The van der Waals surface area contributed by atoms with E-state index in [2.05, 4.69) is 87.0 Å². The predicted molar refractivity (Wildman–Crippen MR) is 118 cm³/mol. The van der Waals surface area contributed by atoms with Crippen molar-refractivity contribution in [3.05, 3.63) is 89.2 Å². The maximum atomic E-state index is 4.97. The monoisotopic (exact) mass is 427 g/mol. The summed E-state index contributed by atoms with van der Waals surface area (Å²) in [5.74, 6) is 0. The van der Waals surface area contributed by atoms with E-state index in [1.807, 2.05) is 24.4 Å². The second kappa shape index (κ2) is 6.88. The number of pyridine rings is 2. The van der Waals surface area contributed by atoms with Crippen molar-refractivity contribution in [3.8, 4) is 22.6 Å². The highest BCUT2D eigenvalue weighted by Crippen LogP contribution is 2.38. The molecule has 3 nitrogen and oxygen atoms in total. The molecule has 0 aliphatic heterocycles. The average molecular weight is 428 g/mol. The van der Waals surface area contributed by atoms with Crippen LogP contribution < -0.4 is 0 Å². The van der Waals surface area contributed by atoms with Gasteiger partial charge in [-0.2, -0.15) is 0 Å². The molecular weight excluding hydrogens is 410 g/mol. The first-order valence-electron chi connectivity index (χ1n) is 9.35. The van der Waals surface area contributed by atoms with E-state index in [0.717, 1.165) is 39.2 Å². The fourth-order valence-corrected chi connectivity index (χ4v) is 4.19. The van der Waals surface area contributed by atoms with E-state index < -0.39 is 0 Å². The Kier molecular flexibility index (Phi) is 4.21. The van der Waals surface area contributed by atoms with E-state index in [-0.39, 0.29) is 0 Å². The zero-order valence-electron chi connectivity index (χ0n) is 15.4. The van der Waals surface area contributed by atoms with Gasteiger partial charge in [-0.05, 0) is 59.2 Å². The third-order valence-electron chi connectivity index (χ3n) is 5.10. The Morgan fingerprint density at radius 3 is 2.46 bits per heavy atom. The number of aryl methyl sites for hydroxylation is 1. The van der Waals surface area contributed by atoms with Gasteiger partial charge in [0.2, 0.25) is 0 Å². The molecule has 5 aromatic rings. The summed E-state index contributed by atoms with van der Waals surface area (Å²) in [4.78, 5) is 9.54. The van der Waals surface area contributed by atoms with Crippen LogP contribution in [0.3, 0.4) is 0 Å². The summed E-state index contributed by atoms with van der Waals surface area (Å²) in [7, 11) is 0. The minimum atomic E-state index is 0.874. The van der Waals surface area contributed by atoms with Gasteiger partial charge in [0.25, 0.3) is 0 Å². The van der Waals surface area contributed by atoms with Crippen LogP contribution in [-0.2, 0) is 6.42 Å². The molecule has 0 aliphatic rings. The third kappa shape index (κ3) is 2.81. The molecule has 0 bridgehead atoms. The summed E-state index contributed by atoms with van der Waals surface area (Å²) < 4.78 is 3.21. The molecule has 2 aromatic carbocycles. The molecule has 0 amide bonds. The predicted octanol–water partition coefficient (Wildman–Crippen LogP) is 6.54. The molecule has 0 N–H and O–H groups in total. The van der Waals surface area contributed by atoms with Gasteiger partial charge < -0.3 is 0 Å². The van der Waals surface area contributed by atoms with Crippen molar-refractivity contribution < 1.29 is 0 Å². The van der Waals surface area contributed by atoms with Crippen molar-refractivity contribution in [2.75, 3.05) is 0 Å². The second-order valence-corrected chi connectivity index (χ2v) is 7.67. The maximum Gasteiger partial charge on any atom is 0.138 e. The van der Waals surface area contributed by atoms with Crippen molar-refractivity contribution in [1.82, 2.24) is 14.4 Å². The lowest BCUT2D eigenvalue weighted by atomic mass is 10.0. The van der Waals surface area contributed by atoms with Crippen LogP contribution in [0.15, 0.2) is 83.6 Å². The molecule has 136 valence electrons. The Labute approximate surface area is 171 Å². The Balaban J connectivity index is 1.86. The van der Waals surface area contributed by atoms with Gasteiger partial charge in [-0.25, -0.2) is 4.98 Å². The van der Waals surface area contributed by atoms with Gasteiger partial charge in [0.05, 0.1) is 11.4 Å². The molecular formula is C24H18BrN3. The van der Waals surface area contributed by atoms with E-state index in [9.17, 15) is 0 Å². The molecule has 0 fully saturated rings. The zero-order valence-corrected chi connectivity index (χ0v) is 17.0. The number of imidazole rings is 1. The summed E-state index contributed by atoms with van der Waals surface area (Å²) in [6.45, 7) is 2.16. The Hall–Kier alpha value is -2.98. The van der Waals surface area contributed by atoms with E-state index in [0.29, 0.717) is 0 Å². The molecule has 28 heavy (non-hydrogen) atoms. The molecule has 0 saturated heterocycles. The van der Waals surface area contributed by atoms with Gasteiger partial charge in [0.1, 0.15) is 11.3 Å². The molecule has 0 unspecified atom stereocenters. The highest BCUT2D eigenvalue weighted by molar-refractivity contribution is 9.10. The van der Waals surface area contributed by atoms with E-state index >= 15 is 0 Å². The molecule has 0 saturated carbocycles. The number of hydrogen-bond acceptors (Lipinski definition) is 2. The van der Waals surface area contributed by atoms with Crippen molar-refractivity contribution >= 4 is 32.3 Å². The van der Waals surface area contributed by atoms with Crippen LogP contribution in [0.1, 0.15) is 12.5 Å². The summed E-state index contributed by atoms with van der Waals surface area (Å²) in [6.07, 6.45) is 4.91. The molecule has 0 spiro atoms. The number of fused-ring (bicyclic) bond motifs is 2. The smallest absolute Gasteiger partial charge is 0.138 e. The van der Waals surface area contributed by atoms with Gasteiger partial charge in [-0.1, -0.05) is 53.2 Å². The van der Waals surface area contributed by atoms with E-state index in [1.165, 1.54) is 16.3 Å². The van der Waals surface area contributed by atoms with Crippen LogP contribution in [-0.4, -0.2) is 14.4 Å². The normalized spacial score (nSPS) is 11.4. The number of hydrogen-bond donors (Lipinski definition) is 0. The third-order valence-corrected chi connectivity index (χ3v) is 5.75. The number of halogens is 1. The van der Waals surface area contributed by atoms with Crippen molar-refractivity contribution in [1.29, 1.82) is 0 Å². The highest BCUT2D eigenvalue weighted by Gasteiger charge is 2.19. The maximum absolute atomic E-state index is 4.97. The molecule has 3 aromatic heterocycles. The fraction of sp³-hybridized carbons (Fsp3) is 0.0833. The Bertz CT molecular complexity index is 1310. The lowest BCUT2D eigenvalue weighted by molar-refractivity contribution is 1.10. The molecule has 4 heteroatoms. The summed E-state index contributed by atoms with van der Waals surface area (Å²) >= 11 is 3.80. The topological polar surface area (TPSA) is 30.2 Å². The van der Waals surface area contributed by atoms with Gasteiger partial charge >= 0.3 is 0 Å². The van der Waals surface area contributed by atoms with Crippen molar-refractivity contribution in [3.63, 3.8) is 0 Å². The van der Waals surface area contributed by atoms with Gasteiger partial charge in [0.15, 0.2) is 0 Å². The number of nitrogens with zero attached hydrogens (tertiary/aromatic N) is 3. The van der Waals surface area contributed by atoms with E-state index in [1.54, 1.807) is 0 Å². The Morgan fingerprint density at radius 2 is 1.71 bits per heavy atom. The zero-order chi connectivity index (χ0) is 19.1. The van der Waals surface area contributed by atoms with Gasteiger partial charge in [-0.15, -0.1) is 0 Å². The molecule has 5 rings (SSSR count). The summed E-state index contributed by atoms with van der Waals surface area (Å²) in [5, 5.41) is 2.41. The van der Waals surface area contributed by atoms with Gasteiger partial charge in [-0.3, -0.25) is 9.38 Å². The first kappa shape index (κ1) is 17.1. The quantitative estimate of drug-likeness (QED) is 0.327. The lowest BCUT2D eigenvalue weighted by Crippen LogP contribution is -1.93. The fourth-order valence-electron chi connectivity index (χ4n) is 3.64. The number of benzene rings is 2. The number of rotatable bonds is 3. The second-order valence-electron chi connectivity index (χ2n) is 6.82. The summed E-state index contributed by atoms with van der Waals surface area (Å²) in [6, 6.07) is 23.1. The highest BCUT2D eigenvalue weighted by atomic mass is 79.9. The van der Waals surface area contributed by atoms with E-state index in [4.69, 9.17) is 4.98 Å². The van der Waals surface area contributed by atoms with Crippen LogP contribution in [0.5, 0.6) is 0 Å². The van der Waals surface area contributed by atoms with Crippen LogP contribution in [0.25, 0.3) is 39.1 Å². The molecule has 0 radical (unpaired) electrons. The molecule has 0 aliphatic carbocycles.